The fourth-order valence-electron chi connectivity index (χ4n) is 2.36. The lowest BCUT2D eigenvalue weighted by Gasteiger charge is -2.27. The number of hydrogen-bond donors (Lipinski definition) is 0. The first-order chi connectivity index (χ1) is 9.06. The molecule has 4 nitrogen and oxygen atoms in total. The van der Waals surface area contributed by atoms with Crippen molar-refractivity contribution in [3.05, 3.63) is 51.9 Å². The summed E-state index contributed by atoms with van der Waals surface area (Å²) >= 11 is 0. The Hall–Kier alpha value is -1.68. The number of nitro benzene ring substituents is 1. The van der Waals surface area contributed by atoms with Gasteiger partial charge >= 0.3 is 0 Å². The van der Waals surface area contributed by atoms with Crippen LogP contribution in [0.3, 0.4) is 0 Å². The molecule has 1 radical (unpaired) electrons. The number of benzene rings is 1. The summed E-state index contributed by atoms with van der Waals surface area (Å²) in [6.45, 7) is 7.35. The molecule has 0 spiro atoms. The Balaban J connectivity index is 2.03. The largest absolute Gasteiger partial charge is 0.299 e. The van der Waals surface area contributed by atoms with Gasteiger partial charge in [0.2, 0.25) is 0 Å². The van der Waals surface area contributed by atoms with Crippen LogP contribution in [-0.2, 0) is 0 Å². The maximum atomic E-state index is 10.6. The molecular formula is C15H19N2O2. The number of nitrogens with zero attached hydrogens (tertiary/aromatic N) is 2. The second-order valence-corrected chi connectivity index (χ2v) is 5.23. The van der Waals surface area contributed by atoms with E-state index in [4.69, 9.17) is 0 Å². The van der Waals surface area contributed by atoms with Crippen LogP contribution in [0.4, 0.5) is 5.69 Å². The van der Waals surface area contributed by atoms with Crippen molar-refractivity contribution >= 4 is 11.3 Å². The van der Waals surface area contributed by atoms with Crippen molar-refractivity contribution in [1.29, 1.82) is 0 Å². The van der Waals surface area contributed by atoms with E-state index in [1.54, 1.807) is 12.1 Å². The fourth-order valence-corrected chi connectivity index (χ4v) is 2.36. The lowest BCUT2D eigenvalue weighted by molar-refractivity contribution is -0.384. The third-order valence-corrected chi connectivity index (χ3v) is 3.28. The fraction of sp³-hybridized carbons (Fsp3) is 0.400. The second kappa shape index (κ2) is 5.97. The maximum absolute atomic E-state index is 10.6. The van der Waals surface area contributed by atoms with Gasteiger partial charge in [0.25, 0.3) is 5.69 Å². The van der Waals surface area contributed by atoms with Crippen LogP contribution in [0.25, 0.3) is 5.57 Å². The van der Waals surface area contributed by atoms with Crippen molar-refractivity contribution in [2.45, 2.75) is 20.3 Å². The van der Waals surface area contributed by atoms with Crippen molar-refractivity contribution < 1.29 is 4.92 Å². The summed E-state index contributed by atoms with van der Waals surface area (Å²) in [5.41, 5.74) is 2.54. The lowest BCUT2D eigenvalue weighted by atomic mass is 9.99. The van der Waals surface area contributed by atoms with Crippen LogP contribution in [0.5, 0.6) is 0 Å². The summed E-state index contributed by atoms with van der Waals surface area (Å²) < 4.78 is 0. The molecule has 0 aromatic heterocycles. The third kappa shape index (κ3) is 3.64. The molecule has 2 rings (SSSR count). The van der Waals surface area contributed by atoms with E-state index in [0.29, 0.717) is 0 Å². The van der Waals surface area contributed by atoms with Crippen LogP contribution in [0.15, 0.2) is 30.3 Å². The van der Waals surface area contributed by atoms with E-state index in [1.165, 1.54) is 11.5 Å². The molecule has 1 aliphatic heterocycles. The van der Waals surface area contributed by atoms with Gasteiger partial charge in [-0.15, -0.1) is 0 Å². The summed E-state index contributed by atoms with van der Waals surface area (Å²) in [5.74, 6) is 1.42. The van der Waals surface area contributed by atoms with Crippen LogP contribution in [-0.4, -0.2) is 29.5 Å². The van der Waals surface area contributed by atoms with Crippen LogP contribution in [0, 0.1) is 16.0 Å². The molecule has 1 aromatic rings. The molecule has 1 aliphatic rings. The topological polar surface area (TPSA) is 46.4 Å². The van der Waals surface area contributed by atoms with Gasteiger partial charge in [0.1, 0.15) is 0 Å². The highest BCUT2D eigenvalue weighted by molar-refractivity contribution is 5.67. The molecule has 4 heteroatoms. The summed E-state index contributed by atoms with van der Waals surface area (Å²) in [6.07, 6.45) is 3.23. The van der Waals surface area contributed by atoms with E-state index in [-0.39, 0.29) is 10.6 Å². The molecule has 0 fully saturated rings. The molecule has 0 aliphatic carbocycles. The van der Waals surface area contributed by atoms with Crippen molar-refractivity contribution in [2.24, 2.45) is 0 Å². The predicted molar refractivity (Wildman–Crippen MR) is 76.7 cm³/mol. The summed E-state index contributed by atoms with van der Waals surface area (Å²) in [4.78, 5) is 12.7. The normalized spacial score (nSPS) is 16.5. The van der Waals surface area contributed by atoms with Gasteiger partial charge in [0, 0.05) is 31.8 Å². The van der Waals surface area contributed by atoms with Gasteiger partial charge < -0.3 is 0 Å². The average molecular weight is 259 g/mol. The second-order valence-electron chi connectivity index (χ2n) is 5.23. The van der Waals surface area contributed by atoms with Crippen molar-refractivity contribution in [3.8, 4) is 0 Å². The molecule has 101 valence electrons. The van der Waals surface area contributed by atoms with Crippen LogP contribution in [0.1, 0.15) is 25.8 Å². The molecule has 1 heterocycles. The van der Waals surface area contributed by atoms with E-state index in [1.807, 2.05) is 12.1 Å². The molecule has 0 unspecified atom stereocenters. The minimum atomic E-state index is -0.360. The van der Waals surface area contributed by atoms with Crippen molar-refractivity contribution in [2.75, 3.05) is 19.6 Å². The molecule has 0 atom stereocenters. The lowest BCUT2D eigenvalue weighted by Crippen LogP contribution is -2.31. The van der Waals surface area contributed by atoms with Gasteiger partial charge in [-0.1, -0.05) is 19.9 Å². The minimum Gasteiger partial charge on any atom is -0.299 e. The van der Waals surface area contributed by atoms with Gasteiger partial charge in [-0.25, -0.2) is 0 Å². The Bertz CT molecular complexity index is 477. The van der Waals surface area contributed by atoms with Crippen LogP contribution < -0.4 is 0 Å². The Morgan fingerprint density at radius 2 is 2.00 bits per heavy atom. The number of non-ortho nitro benzene ring substituents is 1. The Morgan fingerprint density at radius 3 is 2.47 bits per heavy atom. The van der Waals surface area contributed by atoms with E-state index in [2.05, 4.69) is 24.8 Å². The molecule has 0 N–H and O–H groups in total. The van der Waals surface area contributed by atoms with E-state index in [0.717, 1.165) is 31.6 Å². The van der Waals surface area contributed by atoms with Crippen LogP contribution in [0.2, 0.25) is 0 Å². The monoisotopic (exact) mass is 259 g/mol. The first-order valence-corrected chi connectivity index (χ1v) is 6.51. The summed E-state index contributed by atoms with van der Waals surface area (Å²) in [5, 5.41) is 10.6. The predicted octanol–water partition coefficient (Wildman–Crippen LogP) is 3.30. The maximum Gasteiger partial charge on any atom is 0.269 e. The smallest absolute Gasteiger partial charge is 0.269 e. The van der Waals surface area contributed by atoms with Gasteiger partial charge in [0.15, 0.2) is 0 Å². The van der Waals surface area contributed by atoms with Gasteiger partial charge in [0.05, 0.1) is 4.92 Å². The summed E-state index contributed by atoms with van der Waals surface area (Å²) in [6, 6.07) is 6.84. The standard InChI is InChI=1S/C15H19N2O2/c1-12(2)11-16-9-7-14(8-10-16)13-3-5-15(6-4-13)17(18)19/h3-7H,8-11H2,1-2H3. The van der Waals surface area contributed by atoms with Crippen LogP contribution >= 0.6 is 0 Å². The Labute approximate surface area is 113 Å². The zero-order chi connectivity index (χ0) is 13.8. The van der Waals surface area contributed by atoms with Gasteiger partial charge in [-0.3, -0.25) is 15.0 Å². The first-order valence-electron chi connectivity index (χ1n) is 6.51. The molecule has 0 saturated carbocycles. The van der Waals surface area contributed by atoms with E-state index >= 15 is 0 Å². The molecular weight excluding hydrogens is 240 g/mol. The molecule has 0 saturated heterocycles. The third-order valence-electron chi connectivity index (χ3n) is 3.28. The quantitative estimate of drug-likeness (QED) is 0.615. The SMILES string of the molecule is C[C](C)CN1CC=C(c2ccc([N+](=O)[O-])cc2)CC1. The first kappa shape index (κ1) is 13.7. The number of nitro groups is 1. The highest BCUT2D eigenvalue weighted by Gasteiger charge is 2.14. The molecule has 0 amide bonds. The van der Waals surface area contributed by atoms with Crippen molar-refractivity contribution in [3.63, 3.8) is 0 Å². The Morgan fingerprint density at radius 1 is 1.32 bits per heavy atom. The number of hydrogen-bond acceptors (Lipinski definition) is 3. The highest BCUT2D eigenvalue weighted by Crippen LogP contribution is 2.24. The van der Waals surface area contributed by atoms with Gasteiger partial charge in [-0.2, -0.15) is 0 Å². The van der Waals surface area contributed by atoms with Crippen molar-refractivity contribution in [1.82, 2.24) is 4.90 Å². The average Bonchev–Trinajstić information content (AvgIpc) is 2.39. The van der Waals surface area contributed by atoms with E-state index < -0.39 is 0 Å². The Kier molecular flexibility index (Phi) is 4.32. The zero-order valence-electron chi connectivity index (χ0n) is 11.4. The molecule has 0 bridgehead atoms. The summed E-state index contributed by atoms with van der Waals surface area (Å²) in [7, 11) is 0. The number of rotatable bonds is 4. The molecule has 19 heavy (non-hydrogen) atoms. The molecule has 1 aromatic carbocycles. The minimum absolute atomic E-state index is 0.151. The van der Waals surface area contributed by atoms with E-state index in [9.17, 15) is 10.1 Å². The highest BCUT2D eigenvalue weighted by atomic mass is 16.6. The zero-order valence-corrected chi connectivity index (χ0v) is 11.4. The van der Waals surface area contributed by atoms with Gasteiger partial charge in [-0.05, 0) is 35.6 Å².